The lowest BCUT2D eigenvalue weighted by molar-refractivity contribution is 1.43. The third kappa shape index (κ3) is 2.88. The van der Waals surface area contributed by atoms with E-state index in [-0.39, 0.29) is 0 Å². The first-order valence-electron chi connectivity index (χ1n) is 5.31. The van der Waals surface area contributed by atoms with Gasteiger partial charge in [-0.15, -0.1) is 0 Å². The smallest absolute Gasteiger partial charge is 0.103 e. The molecule has 1 N–H and O–H groups in total. The molecule has 92 valence electrons. The number of nitrogens with one attached hydrogen (secondary N) is 1. The molecule has 0 heterocycles. The van der Waals surface area contributed by atoms with Crippen LogP contribution in [0.3, 0.4) is 0 Å². The Balaban J connectivity index is 2.46. The molecule has 2 aromatic carbocycles. The van der Waals surface area contributed by atoms with E-state index in [0.717, 1.165) is 4.47 Å². The molecule has 0 atom stereocenters. The largest absolute Gasteiger partial charge is 0.353 e. The quantitative estimate of drug-likeness (QED) is 0.875. The second-order valence-electron chi connectivity index (χ2n) is 3.70. The molecule has 3 nitrogen and oxygen atoms in total. The molecule has 0 aromatic heterocycles. The maximum absolute atomic E-state index is 9.10. The number of anilines is 2. The molecular formula is C14H7BrClN3. The van der Waals surface area contributed by atoms with Crippen molar-refractivity contribution in [2.45, 2.75) is 0 Å². The summed E-state index contributed by atoms with van der Waals surface area (Å²) >= 11 is 9.27. The molecule has 0 aliphatic carbocycles. The standard InChI is InChI=1S/C14H7BrClN3/c15-10-4-5-13(9(6-10)7-17)19-14-3-1-2-12(16)11(14)8-18/h1-6,19H. The van der Waals surface area contributed by atoms with Crippen LogP contribution in [-0.2, 0) is 0 Å². The van der Waals surface area contributed by atoms with Crippen LogP contribution in [-0.4, -0.2) is 0 Å². The van der Waals surface area contributed by atoms with Crippen molar-refractivity contribution in [2.24, 2.45) is 0 Å². The highest BCUT2D eigenvalue weighted by atomic mass is 79.9. The number of halogens is 2. The third-order valence-corrected chi connectivity index (χ3v) is 3.31. The summed E-state index contributed by atoms with van der Waals surface area (Å²) in [6.45, 7) is 0. The van der Waals surface area contributed by atoms with Crippen LogP contribution in [0.15, 0.2) is 40.9 Å². The predicted octanol–water partition coefficient (Wildman–Crippen LogP) is 4.59. The van der Waals surface area contributed by atoms with Gasteiger partial charge in [0, 0.05) is 4.47 Å². The van der Waals surface area contributed by atoms with E-state index in [4.69, 9.17) is 22.1 Å². The van der Waals surface area contributed by atoms with Crippen LogP contribution >= 0.6 is 27.5 Å². The summed E-state index contributed by atoms with van der Waals surface area (Å²) in [6.07, 6.45) is 0. The molecule has 19 heavy (non-hydrogen) atoms. The Bertz CT molecular complexity index is 714. The highest BCUT2D eigenvalue weighted by Crippen LogP contribution is 2.29. The molecule has 5 heteroatoms. The molecule has 0 spiro atoms. The summed E-state index contributed by atoms with van der Waals surface area (Å²) < 4.78 is 0.821. The topological polar surface area (TPSA) is 59.6 Å². The lowest BCUT2D eigenvalue weighted by atomic mass is 10.1. The Morgan fingerprint density at radius 1 is 1.05 bits per heavy atom. The first kappa shape index (κ1) is 13.4. The summed E-state index contributed by atoms with van der Waals surface area (Å²) in [5, 5.41) is 21.6. The van der Waals surface area contributed by atoms with Crippen molar-refractivity contribution in [2.75, 3.05) is 5.32 Å². The molecule has 0 unspecified atom stereocenters. The molecule has 0 aliphatic rings. The summed E-state index contributed by atoms with van der Waals surface area (Å²) in [6, 6.07) is 14.6. The molecule has 0 amide bonds. The Labute approximate surface area is 124 Å². The van der Waals surface area contributed by atoms with Gasteiger partial charge in [-0.25, -0.2) is 0 Å². The van der Waals surface area contributed by atoms with Gasteiger partial charge in [0.15, 0.2) is 0 Å². The van der Waals surface area contributed by atoms with Gasteiger partial charge in [0.1, 0.15) is 12.1 Å². The van der Waals surface area contributed by atoms with E-state index in [1.54, 1.807) is 30.3 Å². The van der Waals surface area contributed by atoms with Crippen molar-refractivity contribution in [1.82, 2.24) is 0 Å². The number of nitriles is 2. The number of hydrogen-bond donors (Lipinski definition) is 1. The van der Waals surface area contributed by atoms with Gasteiger partial charge in [-0.1, -0.05) is 33.6 Å². The fraction of sp³-hybridized carbons (Fsp3) is 0. The van der Waals surface area contributed by atoms with Crippen molar-refractivity contribution >= 4 is 38.9 Å². The van der Waals surface area contributed by atoms with Crippen molar-refractivity contribution in [3.05, 3.63) is 57.0 Å². The predicted molar refractivity (Wildman–Crippen MR) is 78.3 cm³/mol. The van der Waals surface area contributed by atoms with Crippen LogP contribution in [0, 0.1) is 22.7 Å². The average Bonchev–Trinajstić information content (AvgIpc) is 2.41. The zero-order valence-corrected chi connectivity index (χ0v) is 12.0. The van der Waals surface area contributed by atoms with E-state index in [9.17, 15) is 0 Å². The first-order valence-corrected chi connectivity index (χ1v) is 6.48. The second kappa shape index (κ2) is 5.75. The zero-order valence-electron chi connectivity index (χ0n) is 9.61. The Morgan fingerprint density at radius 2 is 1.84 bits per heavy atom. The van der Waals surface area contributed by atoms with Crippen LogP contribution in [0.5, 0.6) is 0 Å². The number of hydrogen-bond acceptors (Lipinski definition) is 3. The molecule has 0 fully saturated rings. The lowest BCUT2D eigenvalue weighted by Crippen LogP contribution is -1.96. The van der Waals surface area contributed by atoms with Crippen LogP contribution in [0.2, 0.25) is 5.02 Å². The molecule has 0 radical (unpaired) electrons. The molecule has 2 aromatic rings. The van der Waals surface area contributed by atoms with E-state index in [1.807, 2.05) is 12.1 Å². The van der Waals surface area contributed by atoms with Gasteiger partial charge < -0.3 is 5.32 Å². The normalized spacial score (nSPS) is 9.47. The summed E-state index contributed by atoms with van der Waals surface area (Å²) in [4.78, 5) is 0. The van der Waals surface area contributed by atoms with Crippen LogP contribution in [0.1, 0.15) is 11.1 Å². The molecule has 0 saturated carbocycles. The zero-order chi connectivity index (χ0) is 13.8. The third-order valence-electron chi connectivity index (χ3n) is 2.50. The van der Waals surface area contributed by atoms with Crippen LogP contribution in [0.4, 0.5) is 11.4 Å². The van der Waals surface area contributed by atoms with E-state index in [2.05, 4.69) is 27.3 Å². The number of rotatable bonds is 2. The minimum atomic E-state index is 0.357. The van der Waals surface area contributed by atoms with Gasteiger partial charge in [-0.2, -0.15) is 10.5 Å². The number of nitrogens with zero attached hydrogens (tertiary/aromatic N) is 2. The summed E-state index contributed by atoms with van der Waals surface area (Å²) in [7, 11) is 0. The van der Waals surface area contributed by atoms with Crippen molar-refractivity contribution in [3.63, 3.8) is 0 Å². The first-order chi connectivity index (χ1) is 9.15. The Hall–Kier alpha value is -2.01. The monoisotopic (exact) mass is 331 g/mol. The van der Waals surface area contributed by atoms with Crippen LogP contribution in [0.25, 0.3) is 0 Å². The molecule has 0 saturated heterocycles. The maximum Gasteiger partial charge on any atom is 0.103 e. The van der Waals surface area contributed by atoms with Gasteiger partial charge in [-0.05, 0) is 30.3 Å². The molecular weight excluding hydrogens is 326 g/mol. The SMILES string of the molecule is N#Cc1cc(Br)ccc1Nc1cccc(Cl)c1C#N. The van der Waals surface area contributed by atoms with Gasteiger partial charge in [0.25, 0.3) is 0 Å². The van der Waals surface area contributed by atoms with Gasteiger partial charge in [-0.3, -0.25) is 0 Å². The van der Waals surface area contributed by atoms with Gasteiger partial charge in [0.2, 0.25) is 0 Å². The fourth-order valence-corrected chi connectivity index (χ4v) is 2.18. The minimum absolute atomic E-state index is 0.357. The second-order valence-corrected chi connectivity index (χ2v) is 5.02. The van der Waals surface area contributed by atoms with E-state index >= 15 is 0 Å². The summed E-state index contributed by atoms with van der Waals surface area (Å²) in [5.41, 5.74) is 2.05. The van der Waals surface area contributed by atoms with Crippen molar-refractivity contribution in [1.29, 1.82) is 10.5 Å². The molecule has 0 bridgehead atoms. The Morgan fingerprint density at radius 3 is 2.53 bits per heavy atom. The Kier molecular flexibility index (Phi) is 4.06. The van der Waals surface area contributed by atoms with Gasteiger partial charge in [0.05, 0.1) is 27.5 Å². The highest BCUT2D eigenvalue weighted by molar-refractivity contribution is 9.10. The molecule has 2 rings (SSSR count). The van der Waals surface area contributed by atoms with Crippen LogP contribution < -0.4 is 5.32 Å². The van der Waals surface area contributed by atoms with E-state index < -0.39 is 0 Å². The molecule has 0 aliphatic heterocycles. The maximum atomic E-state index is 9.10. The van der Waals surface area contributed by atoms with Crippen molar-refractivity contribution < 1.29 is 0 Å². The van der Waals surface area contributed by atoms with E-state index in [0.29, 0.717) is 27.5 Å². The average molecular weight is 333 g/mol. The lowest BCUT2D eigenvalue weighted by Gasteiger charge is -2.10. The minimum Gasteiger partial charge on any atom is -0.353 e. The van der Waals surface area contributed by atoms with Gasteiger partial charge >= 0.3 is 0 Å². The van der Waals surface area contributed by atoms with Crippen molar-refractivity contribution in [3.8, 4) is 12.1 Å². The van der Waals surface area contributed by atoms with E-state index in [1.165, 1.54) is 0 Å². The summed E-state index contributed by atoms with van der Waals surface area (Å²) in [5.74, 6) is 0. The fourth-order valence-electron chi connectivity index (χ4n) is 1.60. The highest BCUT2D eigenvalue weighted by Gasteiger charge is 2.09. The number of benzene rings is 2.